The second-order valence-corrected chi connectivity index (χ2v) is 7.03. The molecule has 0 radical (unpaired) electrons. The summed E-state index contributed by atoms with van der Waals surface area (Å²) in [6, 6.07) is 13.0. The Bertz CT molecular complexity index is 1120. The Morgan fingerprint density at radius 1 is 1.20 bits per heavy atom. The van der Waals surface area contributed by atoms with E-state index in [1.807, 2.05) is 30.3 Å². The maximum atomic E-state index is 13.0. The number of ketones is 1. The third-order valence-corrected chi connectivity index (χ3v) is 5.10. The molecule has 10 heteroatoms. The highest BCUT2D eigenvalue weighted by Crippen LogP contribution is 2.41. The first-order valence-electron chi connectivity index (χ1n) is 9.36. The number of rotatable bonds is 6. The van der Waals surface area contributed by atoms with Crippen LogP contribution in [0.1, 0.15) is 22.5 Å². The van der Waals surface area contributed by atoms with Crippen LogP contribution in [0.25, 0.3) is 11.3 Å². The largest absolute Gasteiger partial charge is 0.353 e. The minimum absolute atomic E-state index is 0.0728. The summed E-state index contributed by atoms with van der Waals surface area (Å²) in [6.45, 7) is 0.0728. The second-order valence-electron chi connectivity index (χ2n) is 7.03. The number of nitrogens with two attached hydrogens (primary N) is 2. The monoisotopic (exact) mass is 404 g/mol. The van der Waals surface area contributed by atoms with Crippen LogP contribution in [-0.2, 0) is 6.42 Å². The predicted molar refractivity (Wildman–Crippen MR) is 113 cm³/mol. The topological polar surface area (TPSA) is 153 Å². The number of nitrogen functional groups attached to an aromatic ring is 1. The number of carbonyl (C=O) groups is 1. The summed E-state index contributed by atoms with van der Waals surface area (Å²) in [6.07, 6.45) is 2.29. The third-order valence-electron chi connectivity index (χ3n) is 5.10. The summed E-state index contributed by atoms with van der Waals surface area (Å²) in [4.78, 5) is 27.9. The van der Waals surface area contributed by atoms with Crippen molar-refractivity contribution in [3.8, 4) is 11.3 Å². The molecule has 3 aromatic rings. The summed E-state index contributed by atoms with van der Waals surface area (Å²) < 4.78 is 1.49. The summed E-state index contributed by atoms with van der Waals surface area (Å²) >= 11 is 0. The SMILES string of the molecule is NN=Nc1cc(-c2c(Nc3ccccc3)c3c(n2N)CC(CN=O)CC3=O)ccn1. The second kappa shape index (κ2) is 8.11. The van der Waals surface area contributed by atoms with E-state index in [9.17, 15) is 9.70 Å². The number of anilines is 2. The Balaban J connectivity index is 1.90. The number of nitroso groups, excluding NO2 is 1. The van der Waals surface area contributed by atoms with Crippen LogP contribution in [-0.4, -0.2) is 22.0 Å². The zero-order valence-corrected chi connectivity index (χ0v) is 16.0. The van der Waals surface area contributed by atoms with Crippen molar-refractivity contribution in [2.24, 2.45) is 27.3 Å². The summed E-state index contributed by atoms with van der Waals surface area (Å²) in [5, 5.41) is 13.4. The van der Waals surface area contributed by atoms with Crippen molar-refractivity contribution in [1.29, 1.82) is 0 Å². The molecule has 1 aromatic carbocycles. The van der Waals surface area contributed by atoms with Crippen LogP contribution in [0.15, 0.2) is 64.2 Å². The number of para-hydroxylation sites is 1. The summed E-state index contributed by atoms with van der Waals surface area (Å²) in [5.74, 6) is 11.7. The number of Topliss-reactive ketones (excluding diaryl/α,β-unsaturated/α-hetero) is 1. The van der Waals surface area contributed by atoms with E-state index in [4.69, 9.17) is 11.7 Å². The molecule has 0 saturated carbocycles. The van der Waals surface area contributed by atoms with Gasteiger partial charge in [0.15, 0.2) is 11.6 Å². The molecule has 4 rings (SSSR count). The Labute approximate surface area is 171 Å². The number of hydrogen-bond acceptors (Lipinski definition) is 8. The first kappa shape index (κ1) is 19.2. The lowest BCUT2D eigenvalue weighted by atomic mass is 9.86. The predicted octanol–water partition coefficient (Wildman–Crippen LogP) is 3.48. The molecule has 1 aliphatic carbocycles. The van der Waals surface area contributed by atoms with Gasteiger partial charge in [0.05, 0.1) is 29.2 Å². The van der Waals surface area contributed by atoms with Crippen LogP contribution >= 0.6 is 0 Å². The van der Waals surface area contributed by atoms with E-state index in [1.54, 1.807) is 18.3 Å². The quantitative estimate of drug-likeness (QED) is 0.247. The molecule has 1 unspecified atom stereocenters. The lowest BCUT2D eigenvalue weighted by molar-refractivity contribution is 0.0950. The highest BCUT2D eigenvalue weighted by Gasteiger charge is 2.34. The molecule has 2 aromatic heterocycles. The Morgan fingerprint density at radius 3 is 2.73 bits per heavy atom. The molecule has 1 aliphatic rings. The van der Waals surface area contributed by atoms with Gasteiger partial charge in [0.1, 0.15) is 0 Å². The molecular formula is C20H20N8O2. The maximum absolute atomic E-state index is 13.0. The molecule has 30 heavy (non-hydrogen) atoms. The molecule has 10 nitrogen and oxygen atoms in total. The van der Waals surface area contributed by atoms with Crippen molar-refractivity contribution in [2.45, 2.75) is 12.8 Å². The van der Waals surface area contributed by atoms with Gasteiger partial charge in [-0.25, -0.2) is 4.98 Å². The number of benzene rings is 1. The lowest BCUT2D eigenvalue weighted by Gasteiger charge is -2.20. The molecule has 2 heterocycles. The van der Waals surface area contributed by atoms with E-state index in [1.165, 1.54) is 4.68 Å². The zero-order chi connectivity index (χ0) is 21.1. The van der Waals surface area contributed by atoms with Gasteiger partial charge in [-0.2, -0.15) is 4.91 Å². The summed E-state index contributed by atoms with van der Waals surface area (Å²) in [5.41, 5.74) is 3.90. The van der Waals surface area contributed by atoms with Crippen molar-refractivity contribution >= 4 is 23.0 Å². The van der Waals surface area contributed by atoms with Crippen molar-refractivity contribution < 1.29 is 4.79 Å². The highest BCUT2D eigenvalue weighted by molar-refractivity contribution is 6.07. The number of nitrogens with one attached hydrogen (secondary N) is 1. The van der Waals surface area contributed by atoms with E-state index in [0.29, 0.717) is 40.4 Å². The Hall–Kier alpha value is -4.08. The molecule has 1 atom stereocenters. The van der Waals surface area contributed by atoms with E-state index in [0.717, 1.165) is 5.69 Å². The number of carbonyl (C=O) groups excluding carboxylic acids is 1. The molecule has 0 spiro atoms. The van der Waals surface area contributed by atoms with Gasteiger partial charge in [0.25, 0.3) is 0 Å². The van der Waals surface area contributed by atoms with Crippen molar-refractivity contribution in [3.63, 3.8) is 0 Å². The standard InChI is InChI=1S/C20H20N8O2/c21-27-26-17-10-13(6-7-23-17)20-19(25-14-4-2-1-3-5-14)18-15(28(20)22)8-12(11-24-30)9-16(18)29/h1-7,10,12,25H,8-9,11,22H2,(H2,21,23,26). The van der Waals surface area contributed by atoms with Crippen molar-refractivity contribution in [1.82, 2.24) is 9.66 Å². The Kier molecular flexibility index (Phi) is 5.21. The van der Waals surface area contributed by atoms with Crippen LogP contribution < -0.4 is 17.0 Å². The molecular weight excluding hydrogens is 384 g/mol. The molecule has 0 fully saturated rings. The minimum atomic E-state index is -0.170. The fourth-order valence-corrected chi connectivity index (χ4v) is 3.83. The van der Waals surface area contributed by atoms with Gasteiger partial charge in [-0.05, 0) is 36.6 Å². The fourth-order valence-electron chi connectivity index (χ4n) is 3.83. The van der Waals surface area contributed by atoms with Gasteiger partial charge in [-0.15, -0.1) is 5.11 Å². The van der Waals surface area contributed by atoms with Crippen LogP contribution in [0.4, 0.5) is 17.2 Å². The number of fused-ring (bicyclic) bond motifs is 1. The van der Waals surface area contributed by atoms with Gasteiger partial charge in [-0.1, -0.05) is 28.6 Å². The average molecular weight is 404 g/mol. The van der Waals surface area contributed by atoms with Crippen LogP contribution in [0.3, 0.4) is 0 Å². The smallest absolute Gasteiger partial charge is 0.176 e. The number of aromatic nitrogens is 2. The number of pyridine rings is 1. The van der Waals surface area contributed by atoms with Crippen LogP contribution in [0, 0.1) is 10.8 Å². The molecule has 0 saturated heterocycles. The lowest BCUT2D eigenvalue weighted by Crippen LogP contribution is -2.25. The normalized spacial score (nSPS) is 15.9. The molecule has 152 valence electrons. The molecule has 0 aliphatic heterocycles. The average Bonchev–Trinajstić information content (AvgIpc) is 3.01. The van der Waals surface area contributed by atoms with Gasteiger partial charge in [0.2, 0.25) is 0 Å². The van der Waals surface area contributed by atoms with Gasteiger partial charge >= 0.3 is 0 Å². The maximum Gasteiger partial charge on any atom is 0.176 e. The Morgan fingerprint density at radius 2 is 2.00 bits per heavy atom. The van der Waals surface area contributed by atoms with Crippen molar-refractivity contribution in [3.05, 3.63) is 64.8 Å². The third kappa shape index (κ3) is 3.50. The minimum Gasteiger partial charge on any atom is -0.353 e. The first-order valence-corrected chi connectivity index (χ1v) is 9.36. The van der Waals surface area contributed by atoms with Gasteiger partial charge in [-0.3, -0.25) is 9.47 Å². The van der Waals surface area contributed by atoms with Gasteiger partial charge in [0, 0.05) is 23.9 Å². The fraction of sp³-hybridized carbons (Fsp3) is 0.200. The number of nitrogens with zero attached hydrogens (tertiary/aromatic N) is 5. The molecule has 5 N–H and O–H groups in total. The molecule has 0 bridgehead atoms. The van der Waals surface area contributed by atoms with Crippen LogP contribution in [0.2, 0.25) is 0 Å². The van der Waals surface area contributed by atoms with E-state index in [-0.39, 0.29) is 24.7 Å². The highest BCUT2D eigenvalue weighted by atomic mass is 16.3. The molecule has 0 amide bonds. The van der Waals surface area contributed by atoms with E-state index >= 15 is 0 Å². The van der Waals surface area contributed by atoms with Gasteiger partial charge < -0.3 is 17.0 Å². The van der Waals surface area contributed by atoms with Crippen LogP contribution in [0.5, 0.6) is 0 Å². The van der Waals surface area contributed by atoms with E-state index in [2.05, 4.69) is 25.8 Å². The van der Waals surface area contributed by atoms with E-state index < -0.39 is 0 Å². The first-order chi connectivity index (χ1) is 14.6. The zero-order valence-electron chi connectivity index (χ0n) is 16.0. The van der Waals surface area contributed by atoms with Crippen molar-refractivity contribution in [2.75, 3.05) is 17.7 Å². The summed E-state index contributed by atoms with van der Waals surface area (Å²) in [7, 11) is 0. The number of hydrogen-bond donors (Lipinski definition) is 3.